The highest BCUT2D eigenvalue weighted by molar-refractivity contribution is 5.85. The Morgan fingerprint density at radius 3 is 2.37 bits per heavy atom. The third-order valence-electron chi connectivity index (χ3n) is 4.52. The quantitative estimate of drug-likeness (QED) is 0.374. The molecule has 2 aromatic rings. The summed E-state index contributed by atoms with van der Waals surface area (Å²) in [5, 5.41) is 9.10. The molecule has 0 aliphatic rings. The van der Waals surface area contributed by atoms with E-state index in [0.29, 0.717) is 37.9 Å². The molecule has 0 unspecified atom stereocenters. The zero-order valence-electron chi connectivity index (χ0n) is 17.9. The molecule has 6 heteroatoms. The van der Waals surface area contributed by atoms with Crippen LogP contribution in [-0.4, -0.2) is 40.6 Å². The van der Waals surface area contributed by atoms with E-state index >= 15 is 0 Å². The molecule has 30 heavy (non-hydrogen) atoms. The van der Waals surface area contributed by atoms with E-state index in [2.05, 4.69) is 13.8 Å². The Hall–Kier alpha value is -2.88. The van der Waals surface area contributed by atoms with Crippen molar-refractivity contribution >= 4 is 6.08 Å². The van der Waals surface area contributed by atoms with Gasteiger partial charge in [0.15, 0.2) is 11.5 Å². The molecule has 0 saturated carbocycles. The summed E-state index contributed by atoms with van der Waals surface area (Å²) in [4.78, 5) is 0. The molecule has 160 valence electrons. The first-order valence-electron chi connectivity index (χ1n) is 9.79. The molecule has 5 nitrogen and oxygen atoms in total. The van der Waals surface area contributed by atoms with E-state index in [-0.39, 0.29) is 11.7 Å². The molecule has 0 N–H and O–H groups in total. The van der Waals surface area contributed by atoms with E-state index in [4.69, 9.17) is 24.2 Å². The van der Waals surface area contributed by atoms with Crippen LogP contribution in [0.5, 0.6) is 11.5 Å². The van der Waals surface area contributed by atoms with Gasteiger partial charge < -0.3 is 18.9 Å². The normalized spacial score (nSPS) is 11.1. The number of ether oxygens (including phenoxy) is 4. The Labute approximate surface area is 177 Å². The van der Waals surface area contributed by atoms with Gasteiger partial charge in [-0.1, -0.05) is 26.0 Å². The lowest BCUT2D eigenvalue weighted by molar-refractivity contribution is 0.0541. The number of allylic oxidation sites excluding steroid dienone is 1. The maximum Gasteiger partial charge on any atom is 0.169 e. The van der Waals surface area contributed by atoms with E-state index in [1.165, 1.54) is 18.2 Å². The average Bonchev–Trinajstić information content (AvgIpc) is 2.74. The van der Waals surface area contributed by atoms with E-state index in [1.807, 2.05) is 12.1 Å². The number of halogens is 1. The molecular weight excluding hydrogens is 385 g/mol. The summed E-state index contributed by atoms with van der Waals surface area (Å²) < 4.78 is 35.7. The van der Waals surface area contributed by atoms with Gasteiger partial charge in [-0.15, -0.1) is 0 Å². The molecule has 0 spiro atoms. The van der Waals surface area contributed by atoms with Gasteiger partial charge in [0.1, 0.15) is 12.4 Å². The molecular formula is C24H28FNO4. The average molecular weight is 413 g/mol. The third kappa shape index (κ3) is 6.06. The van der Waals surface area contributed by atoms with Crippen LogP contribution in [0.4, 0.5) is 4.39 Å². The molecule has 0 aromatic heterocycles. The van der Waals surface area contributed by atoms with E-state index in [9.17, 15) is 4.39 Å². The summed E-state index contributed by atoms with van der Waals surface area (Å²) >= 11 is 0. The van der Waals surface area contributed by atoms with Gasteiger partial charge in [0.25, 0.3) is 0 Å². The van der Waals surface area contributed by atoms with Gasteiger partial charge in [-0.2, -0.15) is 5.26 Å². The zero-order valence-corrected chi connectivity index (χ0v) is 17.9. The number of nitrogens with zero attached hydrogens (tertiary/aromatic N) is 1. The molecule has 0 saturated heterocycles. The number of methoxy groups -OCH3 is 2. The lowest BCUT2D eigenvalue weighted by Gasteiger charge is -2.22. The topological polar surface area (TPSA) is 60.7 Å². The molecule has 0 radical (unpaired) electrons. The van der Waals surface area contributed by atoms with Crippen LogP contribution in [-0.2, 0) is 9.47 Å². The fraction of sp³-hybridized carbons (Fsp3) is 0.375. The lowest BCUT2D eigenvalue weighted by atomic mass is 9.88. The summed E-state index contributed by atoms with van der Waals surface area (Å²) in [6, 6.07) is 10.2. The Kier molecular flexibility index (Phi) is 9.33. The maximum absolute atomic E-state index is 13.6. The first-order valence-corrected chi connectivity index (χ1v) is 9.79. The summed E-state index contributed by atoms with van der Waals surface area (Å²) in [7, 11) is 3.20. The number of hydrogen-bond donors (Lipinski definition) is 0. The Morgan fingerprint density at radius 1 is 1.07 bits per heavy atom. The Morgan fingerprint density at radius 2 is 1.77 bits per heavy atom. The van der Waals surface area contributed by atoms with Gasteiger partial charge in [0, 0.05) is 18.7 Å². The van der Waals surface area contributed by atoms with Gasteiger partial charge in [-0.25, -0.2) is 4.39 Å². The number of nitriles is 1. The fourth-order valence-corrected chi connectivity index (χ4v) is 3.10. The van der Waals surface area contributed by atoms with Crippen molar-refractivity contribution in [3.8, 4) is 28.7 Å². The van der Waals surface area contributed by atoms with Gasteiger partial charge in [0.2, 0.25) is 0 Å². The Balaban J connectivity index is 2.57. The fourth-order valence-electron chi connectivity index (χ4n) is 3.10. The SMILES string of the molecule is COCCOCCOc1c(OC)cc(C(C)C)c(/C=C/C#N)c1-c1ccc(F)cc1. The van der Waals surface area contributed by atoms with Crippen molar-refractivity contribution in [2.45, 2.75) is 19.8 Å². The molecule has 0 fully saturated rings. The largest absolute Gasteiger partial charge is 0.493 e. The van der Waals surface area contributed by atoms with Crippen molar-refractivity contribution in [3.63, 3.8) is 0 Å². The molecule has 2 rings (SSSR count). The molecule has 0 amide bonds. The minimum atomic E-state index is -0.325. The van der Waals surface area contributed by atoms with Crippen LogP contribution in [0.1, 0.15) is 30.9 Å². The van der Waals surface area contributed by atoms with Crippen LogP contribution in [0, 0.1) is 17.1 Å². The van der Waals surface area contributed by atoms with Crippen LogP contribution in [0.2, 0.25) is 0 Å². The smallest absolute Gasteiger partial charge is 0.169 e. The first-order chi connectivity index (χ1) is 14.5. The second-order valence-electron chi connectivity index (χ2n) is 6.86. The van der Waals surface area contributed by atoms with Crippen molar-refractivity contribution in [1.82, 2.24) is 0 Å². The molecule has 0 bridgehead atoms. The summed E-state index contributed by atoms with van der Waals surface area (Å²) in [5.41, 5.74) is 3.36. The van der Waals surface area contributed by atoms with Gasteiger partial charge >= 0.3 is 0 Å². The summed E-state index contributed by atoms with van der Waals surface area (Å²) in [6.07, 6.45) is 3.19. The van der Waals surface area contributed by atoms with Crippen LogP contribution in [0.25, 0.3) is 17.2 Å². The predicted molar refractivity (Wildman–Crippen MR) is 115 cm³/mol. The summed E-state index contributed by atoms with van der Waals surface area (Å²) in [5.74, 6) is 0.946. The van der Waals surface area contributed by atoms with E-state index in [1.54, 1.807) is 32.4 Å². The van der Waals surface area contributed by atoms with Crippen LogP contribution < -0.4 is 9.47 Å². The number of benzene rings is 2. The molecule has 0 heterocycles. The van der Waals surface area contributed by atoms with Crippen molar-refractivity contribution in [1.29, 1.82) is 5.26 Å². The van der Waals surface area contributed by atoms with Crippen LogP contribution >= 0.6 is 0 Å². The van der Waals surface area contributed by atoms with Crippen molar-refractivity contribution in [2.24, 2.45) is 0 Å². The molecule has 0 aliphatic carbocycles. The summed E-state index contributed by atoms with van der Waals surface area (Å²) in [6.45, 7) is 5.80. The third-order valence-corrected chi connectivity index (χ3v) is 4.52. The first kappa shape index (κ1) is 23.4. The predicted octanol–water partition coefficient (Wildman–Crippen LogP) is 5.20. The minimum Gasteiger partial charge on any atom is -0.493 e. The highest BCUT2D eigenvalue weighted by Crippen LogP contribution is 2.45. The lowest BCUT2D eigenvalue weighted by Crippen LogP contribution is -2.11. The Bertz CT molecular complexity index is 886. The highest BCUT2D eigenvalue weighted by Gasteiger charge is 2.22. The van der Waals surface area contributed by atoms with Crippen molar-refractivity contribution in [2.75, 3.05) is 40.6 Å². The maximum atomic E-state index is 13.6. The van der Waals surface area contributed by atoms with Crippen molar-refractivity contribution in [3.05, 3.63) is 53.4 Å². The van der Waals surface area contributed by atoms with Gasteiger partial charge in [-0.3, -0.25) is 0 Å². The molecule has 0 aliphatic heterocycles. The van der Waals surface area contributed by atoms with Crippen molar-refractivity contribution < 1.29 is 23.3 Å². The van der Waals surface area contributed by atoms with Gasteiger partial charge in [0.05, 0.1) is 33.0 Å². The number of rotatable bonds is 11. The van der Waals surface area contributed by atoms with E-state index in [0.717, 1.165) is 22.3 Å². The van der Waals surface area contributed by atoms with Crippen LogP contribution in [0.15, 0.2) is 36.4 Å². The molecule has 2 aromatic carbocycles. The number of hydrogen-bond acceptors (Lipinski definition) is 5. The van der Waals surface area contributed by atoms with Crippen LogP contribution in [0.3, 0.4) is 0 Å². The second-order valence-corrected chi connectivity index (χ2v) is 6.86. The highest BCUT2D eigenvalue weighted by atomic mass is 19.1. The second kappa shape index (κ2) is 12.0. The molecule has 0 atom stereocenters. The zero-order chi connectivity index (χ0) is 21.9. The monoisotopic (exact) mass is 413 g/mol. The van der Waals surface area contributed by atoms with Gasteiger partial charge in [-0.05, 0) is 46.9 Å². The van der Waals surface area contributed by atoms with E-state index < -0.39 is 0 Å². The minimum absolute atomic E-state index is 0.169. The standard InChI is InChI=1S/C24H28FNO4/c1-17(2)21-16-22(28-4)24(30-15-14-29-13-12-27-3)23(20(21)6-5-11-26)18-7-9-19(25)10-8-18/h5-10,16-17H,12-15H2,1-4H3/b6-5+.